The van der Waals surface area contributed by atoms with Crippen LogP contribution in [0.5, 0.6) is 0 Å². The Labute approximate surface area is 132 Å². The Morgan fingerprint density at radius 1 is 1.30 bits per heavy atom. The molecule has 0 aliphatic rings. The van der Waals surface area contributed by atoms with E-state index in [1.165, 1.54) is 10.8 Å². The van der Waals surface area contributed by atoms with Crippen molar-refractivity contribution < 1.29 is 4.79 Å². The van der Waals surface area contributed by atoms with Gasteiger partial charge in [0, 0.05) is 18.5 Å². The minimum atomic E-state index is -0.208. The quantitative estimate of drug-likeness (QED) is 0.734. The van der Waals surface area contributed by atoms with E-state index in [-0.39, 0.29) is 17.9 Å². The Morgan fingerprint density at radius 2 is 2.09 bits per heavy atom. The van der Waals surface area contributed by atoms with Crippen molar-refractivity contribution in [1.82, 2.24) is 24.9 Å². The molecule has 0 aliphatic carbocycles. The number of fused-ring (bicyclic) bond motifs is 1. The van der Waals surface area contributed by atoms with Crippen molar-refractivity contribution in [2.75, 3.05) is 0 Å². The van der Waals surface area contributed by atoms with E-state index >= 15 is 0 Å². The molecule has 7 heteroatoms. The minimum absolute atomic E-state index is 0.0950. The Morgan fingerprint density at radius 3 is 2.87 bits per heavy atom. The average Bonchev–Trinajstić information content (AvgIpc) is 3.02. The number of aromatic nitrogens is 4. The van der Waals surface area contributed by atoms with Gasteiger partial charge < -0.3 is 5.32 Å². The van der Waals surface area contributed by atoms with Crippen LogP contribution in [0.15, 0.2) is 41.5 Å². The molecule has 0 radical (unpaired) electrons. The van der Waals surface area contributed by atoms with Crippen molar-refractivity contribution in [3.8, 4) is 0 Å². The lowest BCUT2D eigenvalue weighted by Crippen LogP contribution is -2.26. The van der Waals surface area contributed by atoms with Gasteiger partial charge in [-0.1, -0.05) is 30.3 Å². The normalized spacial score (nSPS) is 10.8. The number of rotatable bonds is 5. The van der Waals surface area contributed by atoms with E-state index in [0.717, 1.165) is 5.56 Å². The van der Waals surface area contributed by atoms with Crippen LogP contribution in [-0.2, 0) is 17.8 Å². The van der Waals surface area contributed by atoms with Gasteiger partial charge in [-0.15, -0.1) is 0 Å². The highest BCUT2D eigenvalue weighted by Gasteiger charge is 2.12. The SMILES string of the molecule is Cc1nc2nc[nH]n2c(=O)c1CCC(=O)NCc1ccccc1. The van der Waals surface area contributed by atoms with Crippen molar-refractivity contribution in [2.24, 2.45) is 0 Å². The number of carbonyl (C=O) groups is 1. The van der Waals surface area contributed by atoms with Gasteiger partial charge in [0.1, 0.15) is 6.33 Å². The second-order valence-corrected chi connectivity index (χ2v) is 5.27. The molecule has 3 rings (SSSR count). The fourth-order valence-electron chi connectivity index (χ4n) is 2.41. The van der Waals surface area contributed by atoms with Crippen molar-refractivity contribution in [3.05, 3.63) is 63.8 Å². The van der Waals surface area contributed by atoms with E-state index < -0.39 is 0 Å². The molecule has 0 fully saturated rings. The molecule has 3 aromatic rings. The minimum Gasteiger partial charge on any atom is -0.352 e. The molecule has 2 heterocycles. The molecular weight excluding hydrogens is 294 g/mol. The number of benzene rings is 1. The molecule has 2 N–H and O–H groups in total. The number of aryl methyl sites for hydroxylation is 1. The lowest BCUT2D eigenvalue weighted by atomic mass is 10.1. The lowest BCUT2D eigenvalue weighted by molar-refractivity contribution is -0.121. The Bertz CT molecular complexity index is 882. The molecule has 1 aromatic carbocycles. The topological polar surface area (TPSA) is 92.2 Å². The van der Waals surface area contributed by atoms with Crippen molar-refractivity contribution in [3.63, 3.8) is 0 Å². The Balaban J connectivity index is 1.64. The average molecular weight is 311 g/mol. The zero-order valence-corrected chi connectivity index (χ0v) is 12.7. The number of hydrogen-bond donors (Lipinski definition) is 2. The summed E-state index contributed by atoms with van der Waals surface area (Å²) in [5.41, 5.74) is 1.97. The van der Waals surface area contributed by atoms with E-state index in [4.69, 9.17) is 0 Å². The fourth-order valence-corrected chi connectivity index (χ4v) is 2.41. The highest BCUT2D eigenvalue weighted by Crippen LogP contribution is 2.04. The van der Waals surface area contributed by atoms with E-state index in [9.17, 15) is 9.59 Å². The molecule has 23 heavy (non-hydrogen) atoms. The summed E-state index contributed by atoms with van der Waals surface area (Å²) < 4.78 is 1.28. The Kier molecular flexibility index (Phi) is 4.18. The predicted octanol–water partition coefficient (Wildman–Crippen LogP) is 0.975. The van der Waals surface area contributed by atoms with Crippen LogP contribution >= 0.6 is 0 Å². The molecule has 0 saturated carbocycles. The van der Waals surface area contributed by atoms with Crippen LogP contribution in [0.1, 0.15) is 23.2 Å². The van der Waals surface area contributed by atoms with Crippen LogP contribution in [0, 0.1) is 6.92 Å². The molecule has 0 atom stereocenters. The molecule has 118 valence electrons. The van der Waals surface area contributed by atoms with Gasteiger partial charge in [-0.05, 0) is 18.9 Å². The maximum Gasteiger partial charge on any atom is 0.277 e. The van der Waals surface area contributed by atoms with Gasteiger partial charge in [-0.25, -0.2) is 9.97 Å². The number of carbonyl (C=O) groups excluding carboxylic acids is 1. The molecule has 0 aliphatic heterocycles. The number of aromatic amines is 1. The predicted molar refractivity (Wildman–Crippen MR) is 85.0 cm³/mol. The molecule has 0 saturated heterocycles. The molecule has 0 bridgehead atoms. The molecule has 2 aromatic heterocycles. The van der Waals surface area contributed by atoms with Gasteiger partial charge in [-0.3, -0.25) is 14.7 Å². The van der Waals surface area contributed by atoms with Gasteiger partial charge in [0.25, 0.3) is 11.3 Å². The summed E-state index contributed by atoms with van der Waals surface area (Å²) in [6.45, 7) is 2.24. The van der Waals surface area contributed by atoms with Crippen LogP contribution in [0.4, 0.5) is 0 Å². The van der Waals surface area contributed by atoms with Crippen LogP contribution in [0.3, 0.4) is 0 Å². The number of hydrogen-bond acceptors (Lipinski definition) is 4. The fraction of sp³-hybridized carbons (Fsp3) is 0.250. The van der Waals surface area contributed by atoms with Gasteiger partial charge in [0.05, 0.1) is 5.69 Å². The summed E-state index contributed by atoms with van der Waals surface area (Å²) in [4.78, 5) is 32.5. The Hall–Kier alpha value is -2.96. The highest BCUT2D eigenvalue weighted by molar-refractivity contribution is 5.76. The zero-order valence-electron chi connectivity index (χ0n) is 12.7. The van der Waals surface area contributed by atoms with Crippen molar-refractivity contribution >= 4 is 11.7 Å². The van der Waals surface area contributed by atoms with Gasteiger partial charge >= 0.3 is 0 Å². The van der Waals surface area contributed by atoms with E-state index in [2.05, 4.69) is 20.4 Å². The molecule has 1 amide bonds. The van der Waals surface area contributed by atoms with Gasteiger partial charge in [-0.2, -0.15) is 4.52 Å². The summed E-state index contributed by atoms with van der Waals surface area (Å²) in [7, 11) is 0. The maximum atomic E-state index is 12.3. The molecule has 0 spiro atoms. The number of nitrogens with one attached hydrogen (secondary N) is 2. The second-order valence-electron chi connectivity index (χ2n) is 5.27. The van der Waals surface area contributed by atoms with Crippen LogP contribution in [0.2, 0.25) is 0 Å². The maximum absolute atomic E-state index is 12.3. The third kappa shape index (κ3) is 3.28. The van der Waals surface area contributed by atoms with E-state index in [1.54, 1.807) is 6.92 Å². The first-order valence-electron chi connectivity index (χ1n) is 7.37. The van der Waals surface area contributed by atoms with Gasteiger partial charge in [0.15, 0.2) is 0 Å². The summed E-state index contributed by atoms with van der Waals surface area (Å²) in [6, 6.07) is 9.69. The van der Waals surface area contributed by atoms with Crippen molar-refractivity contribution in [1.29, 1.82) is 0 Å². The second kappa shape index (κ2) is 6.43. The highest BCUT2D eigenvalue weighted by atomic mass is 16.1. The van der Waals surface area contributed by atoms with E-state index in [0.29, 0.717) is 30.0 Å². The summed E-state index contributed by atoms with van der Waals surface area (Å²) >= 11 is 0. The summed E-state index contributed by atoms with van der Waals surface area (Å²) in [5.74, 6) is 0.243. The molecule has 0 unspecified atom stereocenters. The summed E-state index contributed by atoms with van der Waals surface area (Å²) in [5, 5.41) is 5.57. The monoisotopic (exact) mass is 311 g/mol. The molecule has 7 nitrogen and oxygen atoms in total. The molecular formula is C16H17N5O2. The zero-order chi connectivity index (χ0) is 16.2. The largest absolute Gasteiger partial charge is 0.352 e. The number of amides is 1. The summed E-state index contributed by atoms with van der Waals surface area (Å²) in [6.07, 6.45) is 2.00. The standard InChI is InChI=1S/C16H17N5O2/c1-11-13(15(23)21-16(20-11)18-10-19-21)7-8-14(22)17-9-12-5-3-2-4-6-12/h2-6,10H,7-9H2,1H3,(H,17,22)(H,18,19,20). The first-order chi connectivity index (χ1) is 11.1. The first kappa shape index (κ1) is 15.0. The van der Waals surface area contributed by atoms with Gasteiger partial charge in [0.2, 0.25) is 5.91 Å². The third-order valence-corrected chi connectivity index (χ3v) is 3.67. The third-order valence-electron chi connectivity index (χ3n) is 3.67. The smallest absolute Gasteiger partial charge is 0.277 e. The van der Waals surface area contributed by atoms with E-state index in [1.807, 2.05) is 30.3 Å². The van der Waals surface area contributed by atoms with Crippen LogP contribution < -0.4 is 10.9 Å². The van der Waals surface area contributed by atoms with Crippen LogP contribution in [-0.4, -0.2) is 25.5 Å². The first-order valence-corrected chi connectivity index (χ1v) is 7.37. The number of H-pyrrole nitrogens is 1. The van der Waals surface area contributed by atoms with Crippen LogP contribution in [0.25, 0.3) is 5.78 Å². The lowest BCUT2D eigenvalue weighted by Gasteiger charge is -2.07. The van der Waals surface area contributed by atoms with Crippen molar-refractivity contribution in [2.45, 2.75) is 26.3 Å². The number of nitrogens with zero attached hydrogens (tertiary/aromatic N) is 3.